The van der Waals surface area contributed by atoms with Crippen molar-refractivity contribution < 1.29 is 27.5 Å². The minimum Gasteiger partial charge on any atom is -0.452 e. The fourth-order valence-electron chi connectivity index (χ4n) is 3.79. The maximum atomic E-state index is 12.7. The largest absolute Gasteiger partial charge is 0.452 e. The quantitative estimate of drug-likeness (QED) is 0.603. The average Bonchev–Trinajstić information content (AvgIpc) is 3.00. The van der Waals surface area contributed by atoms with Crippen molar-refractivity contribution in [2.75, 3.05) is 31.1 Å². The number of likely N-dealkylation sites (tertiary alicyclic amines) is 1. The van der Waals surface area contributed by atoms with E-state index < -0.39 is 27.8 Å². The maximum Gasteiger partial charge on any atom is 0.311 e. The minimum absolute atomic E-state index is 0.0104. The van der Waals surface area contributed by atoms with Gasteiger partial charge in [-0.2, -0.15) is 0 Å². The zero-order valence-corrected chi connectivity index (χ0v) is 17.2. The zero-order valence-electron chi connectivity index (χ0n) is 16.3. The first kappa shape index (κ1) is 21.7. The Balaban J connectivity index is 1.94. The third-order valence-corrected chi connectivity index (χ3v) is 7.07. The van der Waals surface area contributed by atoms with Gasteiger partial charge in [0.15, 0.2) is 15.9 Å². The van der Waals surface area contributed by atoms with Gasteiger partial charge in [-0.3, -0.25) is 14.4 Å². The number of likely N-dealkylation sites (N-methyl/N-ethyl adjacent to an activating group) is 1. The summed E-state index contributed by atoms with van der Waals surface area (Å²) in [4.78, 5) is 40.2. The van der Waals surface area contributed by atoms with E-state index in [4.69, 9.17) is 4.74 Å². The average molecular weight is 403 g/mol. The van der Waals surface area contributed by atoms with E-state index in [1.165, 1.54) is 11.8 Å². The molecule has 2 rings (SSSR count). The van der Waals surface area contributed by atoms with Crippen LogP contribution in [-0.4, -0.2) is 79.3 Å². The summed E-state index contributed by atoms with van der Waals surface area (Å²) >= 11 is 0. The van der Waals surface area contributed by atoms with Crippen LogP contribution in [0.3, 0.4) is 0 Å². The summed E-state index contributed by atoms with van der Waals surface area (Å²) in [6, 6.07) is -0.360. The van der Waals surface area contributed by atoms with Crippen LogP contribution in [0.15, 0.2) is 0 Å². The van der Waals surface area contributed by atoms with E-state index in [0.717, 1.165) is 6.42 Å². The normalized spacial score (nSPS) is 25.7. The van der Waals surface area contributed by atoms with Crippen LogP contribution >= 0.6 is 0 Å². The van der Waals surface area contributed by atoms with Gasteiger partial charge < -0.3 is 14.5 Å². The zero-order chi connectivity index (χ0) is 20.2. The Morgan fingerprint density at radius 2 is 1.93 bits per heavy atom. The van der Waals surface area contributed by atoms with E-state index in [1.807, 2.05) is 0 Å². The molecule has 0 saturated carbocycles. The summed E-state index contributed by atoms with van der Waals surface area (Å²) in [5, 5.41) is 0. The fourth-order valence-corrected chi connectivity index (χ4v) is 5.52. The molecule has 0 spiro atoms. The predicted molar refractivity (Wildman–Crippen MR) is 99.6 cm³/mol. The molecule has 0 radical (unpaired) electrons. The number of piperidine rings is 1. The van der Waals surface area contributed by atoms with Crippen molar-refractivity contribution in [3.05, 3.63) is 0 Å². The molecule has 2 heterocycles. The Bertz CT molecular complexity index is 677. The Morgan fingerprint density at radius 1 is 1.22 bits per heavy atom. The smallest absolute Gasteiger partial charge is 0.311 e. The number of nitrogens with zero attached hydrogens (tertiary/aromatic N) is 2. The van der Waals surface area contributed by atoms with Gasteiger partial charge >= 0.3 is 5.97 Å². The molecular formula is C18H30N2O6S. The topological polar surface area (TPSA) is 101 Å². The summed E-state index contributed by atoms with van der Waals surface area (Å²) in [5.74, 6) is -1.21. The second-order valence-electron chi connectivity index (χ2n) is 7.29. The maximum absolute atomic E-state index is 12.7. The number of ether oxygens (including phenoxy) is 1. The van der Waals surface area contributed by atoms with Crippen molar-refractivity contribution in [2.45, 2.75) is 58.6 Å². The molecule has 0 aromatic rings. The van der Waals surface area contributed by atoms with Gasteiger partial charge in [-0.25, -0.2) is 8.42 Å². The molecular weight excluding hydrogens is 372 g/mol. The lowest BCUT2D eigenvalue weighted by atomic mass is 9.98. The van der Waals surface area contributed by atoms with Gasteiger partial charge in [-0.05, 0) is 33.1 Å². The first-order valence-corrected chi connectivity index (χ1v) is 11.5. The number of carbonyl (C=O) groups is 3. The highest BCUT2D eigenvalue weighted by atomic mass is 32.2. The molecule has 2 amide bonds. The lowest BCUT2D eigenvalue weighted by Crippen LogP contribution is -2.48. The molecule has 2 aliphatic heterocycles. The summed E-state index contributed by atoms with van der Waals surface area (Å²) < 4.78 is 28.8. The molecule has 0 N–H and O–H groups in total. The van der Waals surface area contributed by atoms with Crippen molar-refractivity contribution in [1.82, 2.24) is 9.80 Å². The monoisotopic (exact) mass is 402 g/mol. The van der Waals surface area contributed by atoms with E-state index in [2.05, 4.69) is 0 Å². The molecule has 154 valence electrons. The third kappa shape index (κ3) is 5.43. The van der Waals surface area contributed by atoms with Gasteiger partial charge in [0.1, 0.15) is 0 Å². The minimum atomic E-state index is -3.11. The van der Waals surface area contributed by atoms with E-state index in [1.54, 1.807) is 18.7 Å². The molecule has 9 heteroatoms. The van der Waals surface area contributed by atoms with Gasteiger partial charge in [0.05, 0.1) is 17.4 Å². The fraction of sp³-hybridized carbons (Fsp3) is 0.833. The van der Waals surface area contributed by atoms with Crippen LogP contribution in [0, 0.1) is 5.92 Å². The van der Waals surface area contributed by atoms with Crippen LogP contribution in [0.1, 0.15) is 46.5 Å². The molecule has 8 nitrogen and oxygen atoms in total. The Labute approximate surface area is 161 Å². The molecule has 2 saturated heterocycles. The number of hydrogen-bond acceptors (Lipinski definition) is 6. The van der Waals surface area contributed by atoms with Crippen LogP contribution in [0.4, 0.5) is 0 Å². The van der Waals surface area contributed by atoms with Gasteiger partial charge in [-0.15, -0.1) is 0 Å². The van der Waals surface area contributed by atoms with Crippen molar-refractivity contribution in [3.63, 3.8) is 0 Å². The van der Waals surface area contributed by atoms with Crippen LogP contribution in [0.25, 0.3) is 0 Å². The summed E-state index contributed by atoms with van der Waals surface area (Å²) in [6.45, 7) is 6.42. The van der Waals surface area contributed by atoms with Crippen LogP contribution in [0.5, 0.6) is 0 Å². The summed E-state index contributed by atoms with van der Waals surface area (Å²) in [5.41, 5.74) is 0. The molecule has 0 aromatic heterocycles. The first-order valence-electron chi connectivity index (χ1n) is 9.67. The molecule has 2 fully saturated rings. The molecule has 0 aliphatic carbocycles. The van der Waals surface area contributed by atoms with Crippen molar-refractivity contribution in [1.29, 1.82) is 0 Å². The lowest BCUT2D eigenvalue weighted by Gasteiger charge is -2.33. The van der Waals surface area contributed by atoms with Gasteiger partial charge in [-0.1, -0.05) is 6.92 Å². The SMILES string of the molecule is CCC(=O)N1CCCC(C(=O)OC(C)C(=O)N(CC)C2CCS(=O)(=O)C2)C1. The third-order valence-electron chi connectivity index (χ3n) is 5.32. The summed E-state index contributed by atoms with van der Waals surface area (Å²) in [6.07, 6.45) is 1.20. The highest BCUT2D eigenvalue weighted by Gasteiger charge is 2.37. The molecule has 0 bridgehead atoms. The number of hydrogen-bond donors (Lipinski definition) is 0. The van der Waals surface area contributed by atoms with Crippen molar-refractivity contribution in [3.8, 4) is 0 Å². The van der Waals surface area contributed by atoms with Crippen molar-refractivity contribution >= 4 is 27.6 Å². The number of esters is 1. The van der Waals surface area contributed by atoms with Crippen LogP contribution in [0.2, 0.25) is 0 Å². The van der Waals surface area contributed by atoms with Crippen molar-refractivity contribution in [2.24, 2.45) is 5.92 Å². The molecule has 2 aliphatic rings. The molecule has 3 atom stereocenters. The molecule has 0 aromatic carbocycles. The Morgan fingerprint density at radius 3 is 2.48 bits per heavy atom. The highest BCUT2D eigenvalue weighted by molar-refractivity contribution is 7.91. The van der Waals surface area contributed by atoms with Gasteiger partial charge in [0.2, 0.25) is 5.91 Å². The van der Waals surface area contributed by atoms with Gasteiger partial charge in [0, 0.05) is 32.1 Å². The van der Waals surface area contributed by atoms with E-state index >= 15 is 0 Å². The van der Waals surface area contributed by atoms with E-state index in [0.29, 0.717) is 38.9 Å². The molecule has 3 unspecified atom stereocenters. The standard InChI is InChI=1S/C18H30N2O6S/c1-4-16(21)19-9-6-7-14(11-19)18(23)26-13(3)17(22)20(5-2)15-8-10-27(24,25)12-15/h13-15H,4-12H2,1-3H3. The molecule has 27 heavy (non-hydrogen) atoms. The number of carbonyl (C=O) groups excluding carboxylic acids is 3. The van der Waals surface area contributed by atoms with Crippen LogP contribution in [-0.2, 0) is 29.0 Å². The first-order chi connectivity index (χ1) is 12.7. The second-order valence-corrected chi connectivity index (χ2v) is 9.52. The second kappa shape index (κ2) is 9.03. The van der Waals surface area contributed by atoms with E-state index in [9.17, 15) is 22.8 Å². The number of rotatable bonds is 6. The van der Waals surface area contributed by atoms with Gasteiger partial charge in [0.25, 0.3) is 5.91 Å². The predicted octanol–water partition coefficient (Wildman–Crippen LogP) is 0.602. The highest BCUT2D eigenvalue weighted by Crippen LogP contribution is 2.21. The number of amides is 2. The number of sulfone groups is 1. The summed E-state index contributed by atoms with van der Waals surface area (Å²) in [7, 11) is -3.11. The van der Waals surface area contributed by atoms with E-state index in [-0.39, 0.29) is 29.4 Å². The lowest BCUT2D eigenvalue weighted by molar-refractivity contribution is -0.165. The van der Waals surface area contributed by atoms with Crippen LogP contribution < -0.4 is 0 Å². The Kier molecular flexibility index (Phi) is 7.25. The Hall–Kier alpha value is -1.64.